The van der Waals surface area contributed by atoms with Crippen molar-refractivity contribution in [3.05, 3.63) is 157 Å². The SMILES string of the molecule is CC1(C)c2cc(N(c3ccc(-c4ccccc4)c(-c4ccccc4)c3)[C@@H]3C=CC=CC3)ccc2C2C=CC=CC21. The molecule has 1 nitrogen and oxygen atoms in total. The molecule has 3 atom stereocenters. The van der Waals surface area contributed by atoms with Gasteiger partial charge in [-0.1, -0.05) is 135 Å². The van der Waals surface area contributed by atoms with E-state index in [1.807, 2.05) is 0 Å². The molecule has 3 aliphatic rings. The summed E-state index contributed by atoms with van der Waals surface area (Å²) in [5.74, 6) is 0.966. The number of anilines is 2. The fourth-order valence-corrected chi connectivity index (χ4v) is 7.02. The molecule has 0 N–H and O–H groups in total. The summed E-state index contributed by atoms with van der Waals surface area (Å²) in [4.78, 5) is 2.55. The van der Waals surface area contributed by atoms with Crippen LogP contribution in [0, 0.1) is 5.92 Å². The molecule has 0 amide bonds. The fourth-order valence-electron chi connectivity index (χ4n) is 7.02. The van der Waals surface area contributed by atoms with E-state index < -0.39 is 0 Å². The van der Waals surface area contributed by atoms with Crippen LogP contribution < -0.4 is 4.90 Å². The summed E-state index contributed by atoms with van der Waals surface area (Å²) in [7, 11) is 0. The normalized spacial score (nSPS) is 21.7. The van der Waals surface area contributed by atoms with Crippen molar-refractivity contribution in [2.24, 2.45) is 5.92 Å². The van der Waals surface area contributed by atoms with Crippen LogP contribution in [-0.2, 0) is 5.41 Å². The minimum atomic E-state index is 0.0810. The van der Waals surface area contributed by atoms with Gasteiger partial charge in [0.25, 0.3) is 0 Å². The molecule has 0 heterocycles. The Hall–Kier alpha value is -4.36. The predicted molar refractivity (Wildman–Crippen MR) is 170 cm³/mol. The van der Waals surface area contributed by atoms with Gasteiger partial charge < -0.3 is 4.90 Å². The molecule has 0 saturated carbocycles. The van der Waals surface area contributed by atoms with Gasteiger partial charge in [0.15, 0.2) is 0 Å². The highest BCUT2D eigenvalue weighted by Crippen LogP contribution is 2.54. The number of nitrogens with zero attached hydrogens (tertiary/aromatic N) is 1. The van der Waals surface area contributed by atoms with E-state index in [1.54, 1.807) is 0 Å². The lowest BCUT2D eigenvalue weighted by atomic mass is 9.74. The first-order chi connectivity index (χ1) is 19.6. The van der Waals surface area contributed by atoms with Crippen molar-refractivity contribution in [2.75, 3.05) is 4.90 Å². The van der Waals surface area contributed by atoms with Gasteiger partial charge >= 0.3 is 0 Å². The second-order valence-electron chi connectivity index (χ2n) is 11.8. The summed E-state index contributed by atoms with van der Waals surface area (Å²) < 4.78 is 0. The van der Waals surface area contributed by atoms with Crippen LogP contribution in [0.5, 0.6) is 0 Å². The Kier molecular flexibility index (Phi) is 6.16. The molecule has 0 aromatic heterocycles. The monoisotopic (exact) mass is 517 g/mol. The molecule has 1 heteroatoms. The van der Waals surface area contributed by atoms with Gasteiger partial charge in [-0.3, -0.25) is 0 Å². The Morgan fingerprint density at radius 1 is 0.625 bits per heavy atom. The van der Waals surface area contributed by atoms with Gasteiger partial charge in [0.2, 0.25) is 0 Å². The lowest BCUT2D eigenvalue weighted by Crippen LogP contribution is -2.30. The third-order valence-corrected chi connectivity index (χ3v) is 9.08. The average molecular weight is 518 g/mol. The molecule has 3 aliphatic carbocycles. The van der Waals surface area contributed by atoms with Crippen molar-refractivity contribution in [3.8, 4) is 22.3 Å². The van der Waals surface area contributed by atoms with E-state index in [4.69, 9.17) is 0 Å². The standard InChI is InChI=1S/C39H35N/c1-39(2)37-21-13-12-20-34(37)35-25-23-32(27-38(35)39)40(30-18-10-5-11-19-30)31-22-24-33(28-14-6-3-7-15-28)36(26-31)29-16-8-4-9-17-29/h3-18,20-27,30,34,37H,19H2,1-2H3/t30-,34?,37?/m1/s1. The lowest BCUT2D eigenvalue weighted by molar-refractivity contribution is 0.394. The lowest BCUT2D eigenvalue weighted by Gasteiger charge is -2.34. The first-order valence-corrected chi connectivity index (χ1v) is 14.5. The van der Waals surface area contributed by atoms with Gasteiger partial charge in [0, 0.05) is 17.3 Å². The molecule has 4 aromatic carbocycles. The van der Waals surface area contributed by atoms with E-state index in [1.165, 1.54) is 44.8 Å². The maximum Gasteiger partial charge on any atom is 0.0559 e. The zero-order chi connectivity index (χ0) is 27.1. The Labute approximate surface area is 238 Å². The molecule has 0 fully saturated rings. The second-order valence-corrected chi connectivity index (χ2v) is 11.8. The largest absolute Gasteiger partial charge is 0.334 e. The van der Waals surface area contributed by atoms with Gasteiger partial charge in [0.05, 0.1) is 6.04 Å². The molecule has 0 aliphatic heterocycles. The van der Waals surface area contributed by atoms with E-state index in [2.05, 4.69) is 164 Å². The van der Waals surface area contributed by atoms with Crippen molar-refractivity contribution in [3.63, 3.8) is 0 Å². The smallest absolute Gasteiger partial charge is 0.0559 e. The number of hydrogen-bond donors (Lipinski definition) is 0. The van der Waals surface area contributed by atoms with E-state index >= 15 is 0 Å². The molecular formula is C39H35N. The number of hydrogen-bond acceptors (Lipinski definition) is 1. The van der Waals surface area contributed by atoms with Crippen LogP contribution in [0.15, 0.2) is 146 Å². The van der Waals surface area contributed by atoms with Gasteiger partial charge in [-0.15, -0.1) is 0 Å². The van der Waals surface area contributed by atoms with Crippen molar-refractivity contribution >= 4 is 11.4 Å². The fraction of sp³-hybridized carbons (Fsp3) is 0.179. The van der Waals surface area contributed by atoms with Crippen molar-refractivity contribution in [1.82, 2.24) is 0 Å². The minimum absolute atomic E-state index is 0.0810. The highest BCUT2D eigenvalue weighted by molar-refractivity contribution is 5.87. The van der Waals surface area contributed by atoms with E-state index in [0.29, 0.717) is 11.8 Å². The third kappa shape index (κ3) is 4.18. The summed E-state index contributed by atoms with van der Waals surface area (Å²) >= 11 is 0. The molecule has 4 aromatic rings. The van der Waals surface area contributed by atoms with Crippen molar-refractivity contribution in [1.29, 1.82) is 0 Å². The molecule has 40 heavy (non-hydrogen) atoms. The van der Waals surface area contributed by atoms with Crippen LogP contribution in [0.2, 0.25) is 0 Å². The van der Waals surface area contributed by atoms with Crippen LogP contribution >= 0.6 is 0 Å². The highest BCUT2D eigenvalue weighted by atomic mass is 15.2. The van der Waals surface area contributed by atoms with Gasteiger partial charge in [0.1, 0.15) is 0 Å². The average Bonchev–Trinajstić information content (AvgIpc) is 3.25. The quantitative estimate of drug-likeness (QED) is 0.254. The number of rotatable bonds is 5. The van der Waals surface area contributed by atoms with E-state index in [0.717, 1.165) is 6.42 Å². The minimum Gasteiger partial charge on any atom is -0.334 e. The molecule has 2 unspecified atom stereocenters. The third-order valence-electron chi connectivity index (χ3n) is 9.08. The predicted octanol–water partition coefficient (Wildman–Crippen LogP) is 10.2. The molecule has 0 radical (unpaired) electrons. The number of fused-ring (bicyclic) bond motifs is 3. The Morgan fingerprint density at radius 2 is 1.27 bits per heavy atom. The summed E-state index contributed by atoms with van der Waals surface area (Å²) in [6, 6.07) is 36.0. The zero-order valence-electron chi connectivity index (χ0n) is 23.2. The molecule has 0 bridgehead atoms. The first-order valence-electron chi connectivity index (χ1n) is 14.5. The van der Waals surface area contributed by atoms with Crippen molar-refractivity contribution in [2.45, 2.75) is 37.6 Å². The first kappa shape index (κ1) is 24.7. The Balaban J connectivity index is 1.39. The van der Waals surface area contributed by atoms with Crippen LogP contribution in [0.25, 0.3) is 22.3 Å². The molecular weight excluding hydrogens is 482 g/mol. The number of benzene rings is 4. The molecule has 196 valence electrons. The van der Waals surface area contributed by atoms with Gasteiger partial charge in [-0.2, -0.15) is 0 Å². The maximum atomic E-state index is 2.55. The van der Waals surface area contributed by atoms with Crippen LogP contribution in [0.3, 0.4) is 0 Å². The zero-order valence-corrected chi connectivity index (χ0v) is 23.2. The van der Waals surface area contributed by atoms with Crippen molar-refractivity contribution < 1.29 is 0 Å². The maximum absolute atomic E-state index is 2.55. The number of allylic oxidation sites excluding steroid dienone is 6. The Morgan fingerprint density at radius 3 is 2.00 bits per heavy atom. The summed E-state index contributed by atoms with van der Waals surface area (Å²) in [5, 5.41) is 0. The Bertz CT molecular complexity index is 1650. The summed E-state index contributed by atoms with van der Waals surface area (Å²) in [6.07, 6.45) is 19.2. The molecule has 0 spiro atoms. The van der Waals surface area contributed by atoms with Gasteiger partial charge in [-0.25, -0.2) is 0 Å². The van der Waals surface area contributed by atoms with Crippen LogP contribution in [0.4, 0.5) is 11.4 Å². The molecule has 7 rings (SSSR count). The van der Waals surface area contributed by atoms with Gasteiger partial charge in [-0.05, 0) is 75.4 Å². The van der Waals surface area contributed by atoms with E-state index in [9.17, 15) is 0 Å². The molecule has 0 saturated heterocycles. The van der Waals surface area contributed by atoms with E-state index in [-0.39, 0.29) is 11.5 Å². The highest BCUT2D eigenvalue weighted by Gasteiger charge is 2.44. The van der Waals surface area contributed by atoms with Crippen LogP contribution in [-0.4, -0.2) is 6.04 Å². The second kappa shape index (κ2) is 9.99. The summed E-state index contributed by atoms with van der Waals surface area (Å²) in [5.41, 5.74) is 10.5. The topological polar surface area (TPSA) is 3.24 Å². The van der Waals surface area contributed by atoms with Crippen LogP contribution in [0.1, 0.15) is 37.3 Å². The summed E-state index contributed by atoms with van der Waals surface area (Å²) in [6.45, 7) is 4.83.